The predicted octanol–water partition coefficient (Wildman–Crippen LogP) is 15.5. The fourth-order valence-corrected chi connectivity index (χ4v) is 8.62. The molecular formula is C63H45F3IrN3. The third kappa shape index (κ3) is 10.8. The van der Waals surface area contributed by atoms with E-state index in [9.17, 15) is 13.2 Å². The summed E-state index contributed by atoms with van der Waals surface area (Å²) in [6.45, 7) is -4.95. The Hall–Kier alpha value is -7.57. The van der Waals surface area contributed by atoms with Gasteiger partial charge in [0.05, 0.1) is 0 Å². The molecule has 7 heteroatoms. The van der Waals surface area contributed by atoms with E-state index >= 15 is 0 Å². The zero-order valence-electron chi connectivity index (χ0n) is 43.5. The molecule has 10 aromatic rings. The topological polar surface area (TPSA) is 38.7 Å². The molecule has 0 radical (unpaired) electrons. The van der Waals surface area contributed by atoms with Crippen LogP contribution in [0.5, 0.6) is 0 Å². The average Bonchev–Trinajstić information content (AvgIpc) is 3.45. The van der Waals surface area contributed by atoms with Gasteiger partial charge in [-0.15, -0.1) is 89.5 Å². The average molecular weight is 1100 g/mol. The summed E-state index contributed by atoms with van der Waals surface area (Å²) < 4.78 is 92.7. The van der Waals surface area contributed by atoms with Crippen molar-refractivity contribution in [1.82, 2.24) is 15.0 Å². The molecule has 0 aliphatic carbocycles. The number of aryl methyl sites for hydroxylation is 6. The first-order chi connectivity index (χ1) is 36.1. The first kappa shape index (κ1) is 40.3. The smallest absolute Gasteiger partial charge is 0.304 e. The van der Waals surface area contributed by atoms with E-state index in [4.69, 9.17) is 13.2 Å². The Morgan fingerprint density at radius 2 is 0.857 bits per heavy atom. The Balaban J connectivity index is 0.00000706. The maximum atomic E-state index is 14.1. The van der Waals surface area contributed by atoms with Crippen molar-refractivity contribution in [2.24, 2.45) is 0 Å². The van der Waals surface area contributed by atoms with Gasteiger partial charge < -0.3 is 15.0 Å². The third-order valence-corrected chi connectivity index (χ3v) is 12.3. The van der Waals surface area contributed by atoms with Crippen LogP contribution in [0, 0.1) is 49.4 Å². The van der Waals surface area contributed by atoms with Gasteiger partial charge in [0.15, 0.2) is 0 Å². The third-order valence-electron chi connectivity index (χ3n) is 12.3. The Kier molecular flexibility index (Phi) is 12.3. The van der Waals surface area contributed by atoms with Gasteiger partial charge in [-0.05, 0) is 118 Å². The van der Waals surface area contributed by atoms with Crippen LogP contribution in [0.3, 0.4) is 0 Å². The van der Waals surface area contributed by atoms with E-state index < -0.39 is 31.2 Å². The maximum absolute atomic E-state index is 14.1. The summed E-state index contributed by atoms with van der Waals surface area (Å²) in [5, 5.41) is 0. The van der Waals surface area contributed by atoms with Crippen molar-refractivity contribution in [3.8, 4) is 78.3 Å². The summed E-state index contributed by atoms with van der Waals surface area (Å²) in [7, 11) is 0. The second-order valence-corrected chi connectivity index (χ2v) is 16.9. The summed E-state index contributed by atoms with van der Waals surface area (Å²) in [6.07, 6.45) is 6.46. The SMILES string of the molecule is [2H]C([2H])([2H])c1cc(-c2[c-]cc(F)cc2)ncc1CCc1cc(CCc2cnc(-c3[c-]cc(F)cc3)cc2C([2H])([2H])[2H])cc(-c2ccccc2-c2cnc(-c3[c-]cc(F)cc3)cc2-c2ccc(-c3ccccc3)cc2)c1.[Ir+3]. The fraction of sp³-hybridized carbons (Fsp3) is 0.0952. The molecule has 0 atom stereocenters. The molecule has 70 heavy (non-hydrogen) atoms. The van der Waals surface area contributed by atoms with Gasteiger partial charge in [0.1, 0.15) is 0 Å². The van der Waals surface area contributed by atoms with Gasteiger partial charge in [0.25, 0.3) is 0 Å². The second kappa shape index (κ2) is 21.4. The summed E-state index contributed by atoms with van der Waals surface area (Å²) in [5.41, 5.74) is 13.5. The standard InChI is InChI=1S/C63H45F3N3.Ir/c1-41-32-61(48-20-26-54(64)27-21-48)67-38-51(41)14-12-43-34-44(13-15-52-39-68-62(33-42(52)2)49-22-28-55(65)29-23-49)36-53(35-43)57-10-6-7-11-58(57)60-40-69-63(50-24-30-56(66)31-25-50)37-59(60)47-18-16-46(17-19-47)45-8-4-3-5-9-45;/h3-11,16-20,22,24,26-40H,12-15H2,1-2H3;/q-3;+3/i1D3,2D3;. The van der Waals surface area contributed by atoms with E-state index in [1.807, 2.05) is 54.7 Å². The molecule has 0 aliphatic rings. The maximum Gasteiger partial charge on any atom is 3.00 e. The Bertz CT molecular complexity index is 3520. The molecule has 3 nitrogen and oxygen atoms in total. The molecule has 0 N–H and O–H groups in total. The van der Waals surface area contributed by atoms with Crippen LogP contribution in [0.4, 0.5) is 13.2 Å². The summed E-state index contributed by atoms with van der Waals surface area (Å²) in [4.78, 5) is 14.1. The molecule has 3 aromatic heterocycles. The minimum atomic E-state index is -2.48. The van der Waals surface area contributed by atoms with E-state index in [1.54, 1.807) is 18.5 Å². The molecule has 0 unspecified atom stereocenters. The van der Waals surface area contributed by atoms with E-state index in [0.29, 0.717) is 70.6 Å². The van der Waals surface area contributed by atoms with E-state index in [0.717, 1.165) is 55.6 Å². The van der Waals surface area contributed by atoms with Crippen LogP contribution in [0.25, 0.3) is 78.3 Å². The quantitative estimate of drug-likeness (QED) is 0.108. The van der Waals surface area contributed by atoms with Crippen molar-refractivity contribution in [2.45, 2.75) is 39.4 Å². The number of pyridine rings is 3. The zero-order chi connectivity index (χ0) is 52.3. The minimum absolute atomic E-state index is 0. The van der Waals surface area contributed by atoms with Gasteiger partial charge in [-0.3, -0.25) is 13.2 Å². The van der Waals surface area contributed by atoms with E-state index in [1.165, 1.54) is 60.7 Å². The number of hydrogen-bond donors (Lipinski definition) is 0. The molecule has 0 fully saturated rings. The molecule has 342 valence electrons. The van der Waals surface area contributed by atoms with Crippen molar-refractivity contribution in [3.05, 3.63) is 257 Å². The number of hydrogen-bond acceptors (Lipinski definition) is 3. The van der Waals surface area contributed by atoms with Crippen LogP contribution in [0.15, 0.2) is 188 Å². The van der Waals surface area contributed by atoms with Crippen molar-refractivity contribution >= 4 is 0 Å². The number of nitrogens with zero attached hydrogens (tertiary/aromatic N) is 3. The Labute approximate surface area is 429 Å². The Morgan fingerprint density at radius 1 is 0.400 bits per heavy atom. The molecule has 0 amide bonds. The minimum Gasteiger partial charge on any atom is -0.304 e. The summed E-state index contributed by atoms with van der Waals surface area (Å²) >= 11 is 0. The van der Waals surface area contributed by atoms with Crippen LogP contribution in [0.1, 0.15) is 41.6 Å². The molecule has 0 aliphatic heterocycles. The van der Waals surface area contributed by atoms with Gasteiger partial charge in [-0.1, -0.05) is 126 Å². The van der Waals surface area contributed by atoms with Crippen molar-refractivity contribution in [1.29, 1.82) is 0 Å². The van der Waals surface area contributed by atoms with E-state index in [2.05, 4.69) is 82.8 Å². The molecule has 7 aromatic carbocycles. The van der Waals surface area contributed by atoms with Crippen LogP contribution in [-0.2, 0) is 45.8 Å². The number of benzene rings is 7. The van der Waals surface area contributed by atoms with Gasteiger partial charge >= 0.3 is 20.1 Å². The van der Waals surface area contributed by atoms with Gasteiger partial charge in [0.2, 0.25) is 0 Å². The Morgan fingerprint density at radius 3 is 1.36 bits per heavy atom. The monoisotopic (exact) mass is 1100 g/mol. The predicted molar refractivity (Wildman–Crippen MR) is 271 cm³/mol. The molecule has 0 bridgehead atoms. The molecule has 3 heterocycles. The second-order valence-electron chi connectivity index (χ2n) is 16.9. The zero-order valence-corrected chi connectivity index (χ0v) is 39.9. The van der Waals surface area contributed by atoms with Crippen molar-refractivity contribution in [3.63, 3.8) is 0 Å². The summed E-state index contributed by atoms with van der Waals surface area (Å²) in [5.74, 6) is -1.33. The van der Waals surface area contributed by atoms with Crippen LogP contribution < -0.4 is 0 Å². The number of halogens is 3. The van der Waals surface area contributed by atoms with Crippen molar-refractivity contribution in [2.75, 3.05) is 0 Å². The molecule has 0 spiro atoms. The van der Waals surface area contributed by atoms with Crippen LogP contribution in [-0.4, -0.2) is 15.0 Å². The van der Waals surface area contributed by atoms with Crippen LogP contribution in [0.2, 0.25) is 0 Å². The summed E-state index contributed by atoms with van der Waals surface area (Å²) in [6, 6.07) is 58.9. The van der Waals surface area contributed by atoms with E-state index in [-0.39, 0.29) is 31.2 Å². The van der Waals surface area contributed by atoms with Gasteiger partial charge in [-0.2, -0.15) is 0 Å². The number of aromatic nitrogens is 3. The molecule has 0 saturated carbocycles. The largest absolute Gasteiger partial charge is 3.00 e. The normalized spacial score (nSPS) is 12.7. The van der Waals surface area contributed by atoms with Gasteiger partial charge in [0, 0.05) is 49.8 Å². The fourth-order valence-electron chi connectivity index (χ4n) is 8.62. The van der Waals surface area contributed by atoms with Crippen LogP contribution >= 0.6 is 0 Å². The van der Waals surface area contributed by atoms with Gasteiger partial charge in [-0.25, -0.2) is 0 Å². The first-order valence-corrected chi connectivity index (χ1v) is 22.5. The van der Waals surface area contributed by atoms with Crippen molar-refractivity contribution < 1.29 is 41.5 Å². The number of rotatable bonds is 13. The molecule has 0 saturated heterocycles. The molecule has 10 rings (SSSR count). The molecular weight excluding hydrogens is 1050 g/mol. The first-order valence-electron chi connectivity index (χ1n) is 25.5.